The maximum atomic E-state index is 13.8. The molecule has 0 unspecified atom stereocenters. The van der Waals surface area contributed by atoms with Gasteiger partial charge in [-0.05, 0) is 12.1 Å². The van der Waals surface area contributed by atoms with Gasteiger partial charge in [-0.25, -0.2) is 9.97 Å². The summed E-state index contributed by atoms with van der Waals surface area (Å²) in [5.41, 5.74) is 1.95. The van der Waals surface area contributed by atoms with Gasteiger partial charge in [0.05, 0.1) is 35.1 Å². The molecule has 2 heterocycles. The molecule has 0 spiro atoms. The molecule has 0 saturated carbocycles. The Morgan fingerprint density at radius 2 is 2.07 bits per heavy atom. The van der Waals surface area contributed by atoms with Crippen molar-refractivity contribution in [2.75, 3.05) is 12.4 Å². The topological polar surface area (TPSA) is 108 Å². The van der Waals surface area contributed by atoms with Crippen LogP contribution in [0.2, 0.25) is 0 Å². The Kier molecular flexibility index (Phi) is 4.51. The number of benzene rings is 2. The molecule has 0 aliphatic rings. The van der Waals surface area contributed by atoms with E-state index < -0.39 is 16.4 Å². The van der Waals surface area contributed by atoms with Crippen molar-refractivity contribution >= 4 is 28.2 Å². The number of hydrogen-bond donors (Lipinski definition) is 1. The SMILES string of the molecule is COc1cc(F)c([N+](=O)[O-])cc1Nc1nccc(-c2ccc3cnn(C)c3c2)n1. The van der Waals surface area contributed by atoms with E-state index in [0.717, 1.165) is 28.6 Å². The smallest absolute Gasteiger partial charge is 0.307 e. The van der Waals surface area contributed by atoms with E-state index in [1.165, 1.54) is 7.11 Å². The number of rotatable bonds is 5. The maximum absolute atomic E-state index is 13.8. The normalized spacial score (nSPS) is 10.9. The predicted molar refractivity (Wildman–Crippen MR) is 105 cm³/mol. The largest absolute Gasteiger partial charge is 0.494 e. The number of methoxy groups -OCH3 is 1. The van der Waals surface area contributed by atoms with Gasteiger partial charge in [0.25, 0.3) is 0 Å². The third-order valence-corrected chi connectivity index (χ3v) is 4.41. The Hall–Kier alpha value is -4.08. The molecule has 0 bridgehead atoms. The van der Waals surface area contributed by atoms with E-state index in [1.807, 2.05) is 25.2 Å². The fraction of sp³-hybridized carbons (Fsp3) is 0.105. The van der Waals surface area contributed by atoms with Crippen molar-refractivity contribution in [3.05, 3.63) is 64.7 Å². The Bertz CT molecular complexity index is 1240. The molecule has 0 saturated heterocycles. The molecule has 0 aliphatic heterocycles. The lowest BCUT2D eigenvalue weighted by Gasteiger charge is -2.11. The lowest BCUT2D eigenvalue weighted by Crippen LogP contribution is -2.02. The van der Waals surface area contributed by atoms with Gasteiger partial charge in [0.2, 0.25) is 11.8 Å². The monoisotopic (exact) mass is 394 g/mol. The van der Waals surface area contributed by atoms with Crippen LogP contribution >= 0.6 is 0 Å². The van der Waals surface area contributed by atoms with Crippen LogP contribution in [0.3, 0.4) is 0 Å². The fourth-order valence-electron chi connectivity index (χ4n) is 2.95. The van der Waals surface area contributed by atoms with E-state index in [1.54, 1.807) is 23.1 Å². The second-order valence-electron chi connectivity index (χ2n) is 6.19. The van der Waals surface area contributed by atoms with Crippen molar-refractivity contribution in [1.29, 1.82) is 0 Å². The summed E-state index contributed by atoms with van der Waals surface area (Å²) in [5.74, 6) is -0.707. The molecule has 0 radical (unpaired) electrons. The third-order valence-electron chi connectivity index (χ3n) is 4.41. The standard InChI is InChI=1S/C19H15FN6O3/c1-25-16-7-11(3-4-12(16)10-22-25)14-5-6-21-19(23-14)24-15-9-17(26(27)28)13(20)8-18(15)29-2/h3-10H,1-2H3,(H,21,23,24). The Balaban J connectivity index is 1.71. The molecule has 9 nitrogen and oxygen atoms in total. The maximum Gasteiger partial charge on any atom is 0.307 e. The summed E-state index contributed by atoms with van der Waals surface area (Å²) in [7, 11) is 3.19. The van der Waals surface area contributed by atoms with Gasteiger partial charge in [0.1, 0.15) is 5.75 Å². The number of nitro groups is 1. The first-order valence-electron chi connectivity index (χ1n) is 8.50. The van der Waals surface area contributed by atoms with Crippen molar-refractivity contribution in [2.24, 2.45) is 7.05 Å². The molecule has 0 aliphatic carbocycles. The Morgan fingerprint density at radius 1 is 1.24 bits per heavy atom. The summed E-state index contributed by atoms with van der Waals surface area (Å²) in [6.45, 7) is 0. The molecular formula is C19H15FN6O3. The summed E-state index contributed by atoms with van der Waals surface area (Å²) in [4.78, 5) is 18.8. The number of ether oxygens (including phenoxy) is 1. The molecule has 1 N–H and O–H groups in total. The van der Waals surface area contributed by atoms with E-state index in [4.69, 9.17) is 4.74 Å². The third kappa shape index (κ3) is 3.43. The van der Waals surface area contributed by atoms with Crippen LogP contribution < -0.4 is 10.1 Å². The summed E-state index contributed by atoms with van der Waals surface area (Å²) < 4.78 is 20.7. The van der Waals surface area contributed by atoms with Crippen LogP contribution in [0.5, 0.6) is 5.75 Å². The molecular weight excluding hydrogens is 379 g/mol. The zero-order chi connectivity index (χ0) is 20.5. The van der Waals surface area contributed by atoms with Gasteiger partial charge < -0.3 is 10.1 Å². The second-order valence-corrected chi connectivity index (χ2v) is 6.19. The van der Waals surface area contributed by atoms with Gasteiger partial charge in [-0.2, -0.15) is 9.49 Å². The van der Waals surface area contributed by atoms with Crippen LogP contribution in [-0.4, -0.2) is 31.8 Å². The number of aryl methyl sites for hydroxylation is 1. The van der Waals surface area contributed by atoms with E-state index >= 15 is 0 Å². The highest BCUT2D eigenvalue weighted by atomic mass is 19.1. The molecule has 0 fully saturated rings. The van der Waals surface area contributed by atoms with Crippen LogP contribution in [-0.2, 0) is 7.05 Å². The molecule has 2 aromatic carbocycles. The molecule has 10 heteroatoms. The van der Waals surface area contributed by atoms with Gasteiger partial charge in [-0.3, -0.25) is 14.8 Å². The van der Waals surface area contributed by atoms with Crippen LogP contribution in [0, 0.1) is 15.9 Å². The van der Waals surface area contributed by atoms with Gasteiger partial charge >= 0.3 is 5.69 Å². The van der Waals surface area contributed by atoms with Gasteiger partial charge in [-0.15, -0.1) is 0 Å². The minimum absolute atomic E-state index is 0.0957. The second kappa shape index (κ2) is 7.15. The highest BCUT2D eigenvalue weighted by Gasteiger charge is 2.19. The predicted octanol–water partition coefficient (Wildman–Crippen LogP) is 3.83. The van der Waals surface area contributed by atoms with Crippen LogP contribution in [0.15, 0.2) is 48.8 Å². The zero-order valence-electron chi connectivity index (χ0n) is 15.5. The number of nitrogens with zero attached hydrogens (tertiary/aromatic N) is 5. The first kappa shape index (κ1) is 18.3. The number of nitrogens with one attached hydrogen (secondary N) is 1. The van der Waals surface area contributed by atoms with Crippen LogP contribution in [0.25, 0.3) is 22.2 Å². The van der Waals surface area contributed by atoms with E-state index in [-0.39, 0.29) is 17.4 Å². The molecule has 146 valence electrons. The minimum atomic E-state index is -0.989. The van der Waals surface area contributed by atoms with Crippen molar-refractivity contribution in [1.82, 2.24) is 19.7 Å². The van der Waals surface area contributed by atoms with E-state index in [2.05, 4.69) is 20.4 Å². The van der Waals surface area contributed by atoms with Gasteiger partial charge in [0, 0.05) is 36.3 Å². The lowest BCUT2D eigenvalue weighted by molar-refractivity contribution is -0.387. The van der Waals surface area contributed by atoms with Crippen molar-refractivity contribution in [2.45, 2.75) is 0 Å². The minimum Gasteiger partial charge on any atom is -0.494 e. The van der Waals surface area contributed by atoms with Crippen LogP contribution in [0.4, 0.5) is 21.7 Å². The van der Waals surface area contributed by atoms with E-state index in [9.17, 15) is 14.5 Å². The van der Waals surface area contributed by atoms with Gasteiger partial charge in [-0.1, -0.05) is 12.1 Å². The molecule has 0 atom stereocenters. The Morgan fingerprint density at radius 3 is 2.83 bits per heavy atom. The van der Waals surface area contributed by atoms with E-state index in [0.29, 0.717) is 5.69 Å². The molecule has 0 amide bonds. The highest BCUT2D eigenvalue weighted by molar-refractivity contribution is 5.83. The quantitative estimate of drug-likeness (QED) is 0.405. The van der Waals surface area contributed by atoms with Crippen molar-refractivity contribution in [3.8, 4) is 17.0 Å². The average Bonchev–Trinajstić information content (AvgIpc) is 3.09. The highest BCUT2D eigenvalue weighted by Crippen LogP contribution is 2.33. The number of anilines is 2. The molecule has 2 aromatic heterocycles. The fourth-order valence-corrected chi connectivity index (χ4v) is 2.95. The van der Waals surface area contributed by atoms with Gasteiger partial charge in [0.15, 0.2) is 0 Å². The Labute approximate surface area is 163 Å². The number of fused-ring (bicyclic) bond motifs is 1. The first-order valence-corrected chi connectivity index (χ1v) is 8.50. The number of hydrogen-bond acceptors (Lipinski definition) is 7. The molecule has 4 aromatic rings. The average molecular weight is 394 g/mol. The zero-order valence-corrected chi connectivity index (χ0v) is 15.5. The lowest BCUT2D eigenvalue weighted by atomic mass is 10.1. The van der Waals surface area contributed by atoms with Crippen molar-refractivity contribution in [3.63, 3.8) is 0 Å². The number of halogens is 1. The summed E-state index contributed by atoms with van der Waals surface area (Å²) in [5, 5.41) is 19.1. The number of aromatic nitrogens is 4. The van der Waals surface area contributed by atoms with Crippen LogP contribution in [0.1, 0.15) is 0 Å². The summed E-state index contributed by atoms with van der Waals surface area (Å²) >= 11 is 0. The van der Waals surface area contributed by atoms with Crippen molar-refractivity contribution < 1.29 is 14.1 Å². The first-order chi connectivity index (χ1) is 14.0. The molecule has 4 rings (SSSR count). The summed E-state index contributed by atoms with van der Waals surface area (Å²) in [6.07, 6.45) is 3.34. The molecule has 29 heavy (non-hydrogen) atoms. The number of nitro benzene ring substituents is 1. The summed E-state index contributed by atoms with van der Waals surface area (Å²) in [6, 6.07) is 9.55.